The van der Waals surface area contributed by atoms with Crippen molar-refractivity contribution in [3.05, 3.63) is 29.8 Å². The molecule has 2 nitrogen and oxygen atoms in total. The van der Waals surface area contributed by atoms with E-state index in [1.165, 1.54) is 69.3 Å². The summed E-state index contributed by atoms with van der Waals surface area (Å²) < 4.78 is 0. The van der Waals surface area contributed by atoms with Gasteiger partial charge in [0.1, 0.15) is 0 Å². The Hall–Kier alpha value is -1.02. The van der Waals surface area contributed by atoms with Gasteiger partial charge in [-0.3, -0.25) is 0 Å². The van der Waals surface area contributed by atoms with Crippen LogP contribution in [0.2, 0.25) is 0 Å². The average Bonchev–Trinajstić information content (AvgIpc) is 2.96. The second kappa shape index (κ2) is 7.31. The molecular formula is C19H30N2. The molecule has 1 saturated heterocycles. The van der Waals surface area contributed by atoms with Crippen molar-refractivity contribution in [3.63, 3.8) is 0 Å². The van der Waals surface area contributed by atoms with Crippen molar-refractivity contribution in [2.24, 2.45) is 5.92 Å². The van der Waals surface area contributed by atoms with Gasteiger partial charge in [0, 0.05) is 31.4 Å². The molecule has 1 heterocycles. The fourth-order valence-corrected chi connectivity index (χ4v) is 3.87. The Balaban J connectivity index is 1.59. The van der Waals surface area contributed by atoms with Crippen molar-refractivity contribution in [2.45, 2.75) is 64.5 Å². The number of rotatable bonds is 4. The van der Waals surface area contributed by atoms with Crippen LogP contribution in [0.25, 0.3) is 0 Å². The zero-order valence-corrected chi connectivity index (χ0v) is 13.5. The third-order valence-electron chi connectivity index (χ3n) is 5.28. The van der Waals surface area contributed by atoms with E-state index in [4.69, 9.17) is 0 Å². The average molecular weight is 286 g/mol. The Morgan fingerprint density at radius 1 is 1.00 bits per heavy atom. The summed E-state index contributed by atoms with van der Waals surface area (Å²) in [6.45, 7) is 5.91. The lowest BCUT2D eigenvalue weighted by Crippen LogP contribution is -2.29. The summed E-state index contributed by atoms with van der Waals surface area (Å²) in [6, 6.07) is 9.70. The highest BCUT2D eigenvalue weighted by Gasteiger charge is 2.18. The first-order valence-electron chi connectivity index (χ1n) is 8.89. The van der Waals surface area contributed by atoms with E-state index in [1.807, 2.05) is 0 Å². The highest BCUT2D eigenvalue weighted by Crippen LogP contribution is 2.26. The Labute approximate surface area is 129 Å². The lowest BCUT2D eigenvalue weighted by molar-refractivity contribution is 0.447. The zero-order chi connectivity index (χ0) is 14.5. The molecule has 1 N–H and O–H groups in total. The van der Waals surface area contributed by atoms with E-state index in [0.29, 0.717) is 0 Å². The predicted molar refractivity (Wildman–Crippen MR) is 90.8 cm³/mol. The van der Waals surface area contributed by atoms with Crippen LogP contribution in [0.3, 0.4) is 0 Å². The molecule has 0 bridgehead atoms. The number of hydrogen-bond acceptors (Lipinski definition) is 2. The van der Waals surface area contributed by atoms with Crippen LogP contribution in [0.5, 0.6) is 0 Å². The van der Waals surface area contributed by atoms with E-state index in [2.05, 4.69) is 41.4 Å². The maximum atomic E-state index is 3.84. The lowest BCUT2D eigenvalue weighted by Gasteiger charge is -2.23. The SMILES string of the molecule is CC1CCCC(NCc2ccccc2N2CCCC2)CC1. The first kappa shape index (κ1) is 14.9. The smallest absolute Gasteiger partial charge is 0.0411 e. The maximum Gasteiger partial charge on any atom is 0.0411 e. The van der Waals surface area contributed by atoms with E-state index in [0.717, 1.165) is 18.5 Å². The normalized spacial score (nSPS) is 26.8. The van der Waals surface area contributed by atoms with E-state index in [-0.39, 0.29) is 0 Å². The van der Waals surface area contributed by atoms with Crippen LogP contribution in [0, 0.1) is 5.92 Å². The molecule has 2 aliphatic rings. The number of nitrogens with zero attached hydrogens (tertiary/aromatic N) is 1. The van der Waals surface area contributed by atoms with Crippen LogP contribution in [0.1, 0.15) is 57.4 Å². The molecule has 1 aromatic carbocycles. The molecule has 0 amide bonds. The summed E-state index contributed by atoms with van der Waals surface area (Å²) in [7, 11) is 0. The van der Waals surface area contributed by atoms with Crippen LogP contribution >= 0.6 is 0 Å². The van der Waals surface area contributed by atoms with Gasteiger partial charge in [0.15, 0.2) is 0 Å². The van der Waals surface area contributed by atoms with Crippen LogP contribution in [-0.2, 0) is 6.54 Å². The molecular weight excluding hydrogens is 256 g/mol. The Morgan fingerprint density at radius 2 is 1.81 bits per heavy atom. The number of nitrogens with one attached hydrogen (secondary N) is 1. The van der Waals surface area contributed by atoms with Gasteiger partial charge in [-0.2, -0.15) is 0 Å². The van der Waals surface area contributed by atoms with Gasteiger partial charge in [-0.05, 0) is 49.7 Å². The molecule has 1 aromatic rings. The molecule has 1 aliphatic heterocycles. The zero-order valence-electron chi connectivity index (χ0n) is 13.5. The van der Waals surface area contributed by atoms with Crippen molar-refractivity contribution in [1.82, 2.24) is 5.32 Å². The first-order chi connectivity index (χ1) is 10.3. The van der Waals surface area contributed by atoms with Crippen LogP contribution in [-0.4, -0.2) is 19.1 Å². The molecule has 3 rings (SSSR count). The molecule has 116 valence electrons. The lowest BCUT2D eigenvalue weighted by atomic mass is 10.0. The summed E-state index contributed by atoms with van der Waals surface area (Å²) in [5.41, 5.74) is 2.95. The van der Waals surface area contributed by atoms with Gasteiger partial charge in [-0.1, -0.05) is 38.0 Å². The van der Waals surface area contributed by atoms with E-state index >= 15 is 0 Å². The minimum Gasteiger partial charge on any atom is -0.371 e. The fourth-order valence-electron chi connectivity index (χ4n) is 3.87. The number of benzene rings is 1. The second-order valence-corrected chi connectivity index (χ2v) is 7.01. The Bertz CT molecular complexity index is 437. The minimum absolute atomic E-state index is 0.724. The summed E-state index contributed by atoms with van der Waals surface area (Å²) in [5, 5.41) is 3.84. The third kappa shape index (κ3) is 4.00. The van der Waals surface area contributed by atoms with Crippen LogP contribution < -0.4 is 10.2 Å². The molecule has 2 unspecified atom stereocenters. The van der Waals surface area contributed by atoms with Crippen molar-refractivity contribution >= 4 is 5.69 Å². The highest BCUT2D eigenvalue weighted by molar-refractivity contribution is 5.54. The van der Waals surface area contributed by atoms with Crippen molar-refractivity contribution in [2.75, 3.05) is 18.0 Å². The predicted octanol–water partition coefficient (Wildman–Crippen LogP) is 4.35. The van der Waals surface area contributed by atoms with E-state index < -0.39 is 0 Å². The summed E-state index contributed by atoms with van der Waals surface area (Å²) >= 11 is 0. The maximum absolute atomic E-state index is 3.84. The van der Waals surface area contributed by atoms with Gasteiger partial charge in [0.2, 0.25) is 0 Å². The number of hydrogen-bond donors (Lipinski definition) is 1. The van der Waals surface area contributed by atoms with Crippen molar-refractivity contribution in [3.8, 4) is 0 Å². The van der Waals surface area contributed by atoms with Crippen molar-refractivity contribution in [1.29, 1.82) is 0 Å². The molecule has 0 spiro atoms. The van der Waals surface area contributed by atoms with Crippen LogP contribution in [0.4, 0.5) is 5.69 Å². The molecule has 1 saturated carbocycles. The Morgan fingerprint density at radius 3 is 2.67 bits per heavy atom. The van der Waals surface area contributed by atoms with E-state index in [9.17, 15) is 0 Å². The first-order valence-corrected chi connectivity index (χ1v) is 8.89. The van der Waals surface area contributed by atoms with E-state index in [1.54, 1.807) is 0 Å². The fraction of sp³-hybridized carbons (Fsp3) is 0.684. The molecule has 0 aromatic heterocycles. The van der Waals surface area contributed by atoms with Gasteiger partial charge in [0.25, 0.3) is 0 Å². The van der Waals surface area contributed by atoms with Gasteiger partial charge in [0.05, 0.1) is 0 Å². The molecule has 21 heavy (non-hydrogen) atoms. The number of anilines is 1. The molecule has 2 fully saturated rings. The number of para-hydroxylation sites is 1. The second-order valence-electron chi connectivity index (χ2n) is 7.01. The largest absolute Gasteiger partial charge is 0.371 e. The molecule has 2 heteroatoms. The minimum atomic E-state index is 0.724. The quantitative estimate of drug-likeness (QED) is 0.828. The summed E-state index contributed by atoms with van der Waals surface area (Å²) in [4.78, 5) is 2.56. The van der Waals surface area contributed by atoms with Gasteiger partial charge >= 0.3 is 0 Å². The Kier molecular flexibility index (Phi) is 5.18. The highest BCUT2D eigenvalue weighted by atomic mass is 15.1. The molecule has 2 atom stereocenters. The van der Waals surface area contributed by atoms with Gasteiger partial charge in [-0.25, -0.2) is 0 Å². The van der Waals surface area contributed by atoms with Crippen molar-refractivity contribution < 1.29 is 0 Å². The third-order valence-corrected chi connectivity index (χ3v) is 5.28. The molecule has 1 aliphatic carbocycles. The molecule has 0 radical (unpaired) electrons. The summed E-state index contributed by atoms with van der Waals surface area (Å²) in [5.74, 6) is 0.925. The summed E-state index contributed by atoms with van der Waals surface area (Å²) in [6.07, 6.45) is 9.62. The standard InChI is InChI=1S/C19H30N2/c1-16-7-6-9-18(12-11-16)20-15-17-8-2-3-10-19(17)21-13-4-5-14-21/h2-3,8,10,16,18,20H,4-7,9,11-15H2,1H3. The monoisotopic (exact) mass is 286 g/mol. The van der Waals surface area contributed by atoms with Gasteiger partial charge in [-0.15, -0.1) is 0 Å². The topological polar surface area (TPSA) is 15.3 Å². The van der Waals surface area contributed by atoms with Crippen LogP contribution in [0.15, 0.2) is 24.3 Å². The van der Waals surface area contributed by atoms with Gasteiger partial charge < -0.3 is 10.2 Å².